The molecule has 0 unspecified atom stereocenters. The largest absolute Gasteiger partial charge is 0.455 e. The first-order valence-electron chi connectivity index (χ1n) is 6.70. The van der Waals surface area contributed by atoms with Crippen molar-refractivity contribution in [2.24, 2.45) is 7.05 Å². The number of hydrogen-bond acceptors (Lipinski definition) is 4. The molecule has 0 fully saturated rings. The number of rotatable bonds is 6. The first kappa shape index (κ1) is 15.7. The third kappa shape index (κ3) is 5.03. The SMILES string of the molecule is Cn1ncc(CCCCCO)c1C(=O)OC(C)(C)C. The summed E-state index contributed by atoms with van der Waals surface area (Å²) in [5, 5.41) is 12.9. The van der Waals surface area contributed by atoms with Gasteiger partial charge >= 0.3 is 5.97 Å². The van der Waals surface area contributed by atoms with Gasteiger partial charge in [-0.2, -0.15) is 5.10 Å². The molecule has 0 radical (unpaired) electrons. The molecule has 0 aliphatic rings. The van der Waals surface area contributed by atoms with E-state index >= 15 is 0 Å². The molecule has 1 aromatic heterocycles. The lowest BCUT2D eigenvalue weighted by molar-refractivity contribution is 0.00563. The average molecular weight is 268 g/mol. The molecular formula is C14H24N2O3. The van der Waals surface area contributed by atoms with Crippen molar-refractivity contribution >= 4 is 5.97 Å². The van der Waals surface area contributed by atoms with Crippen molar-refractivity contribution in [2.75, 3.05) is 6.61 Å². The van der Waals surface area contributed by atoms with Gasteiger partial charge in [0.25, 0.3) is 0 Å². The summed E-state index contributed by atoms with van der Waals surface area (Å²) in [6.45, 7) is 5.76. The van der Waals surface area contributed by atoms with Crippen LogP contribution in [0.25, 0.3) is 0 Å². The zero-order chi connectivity index (χ0) is 14.5. The monoisotopic (exact) mass is 268 g/mol. The fraction of sp³-hybridized carbons (Fsp3) is 0.714. The first-order chi connectivity index (χ1) is 8.85. The Bertz CT molecular complexity index is 419. The Kier molecular flexibility index (Phi) is 5.54. The van der Waals surface area contributed by atoms with Gasteiger partial charge in [0.1, 0.15) is 11.3 Å². The van der Waals surface area contributed by atoms with E-state index in [9.17, 15) is 4.79 Å². The maximum Gasteiger partial charge on any atom is 0.357 e. The maximum absolute atomic E-state index is 12.1. The van der Waals surface area contributed by atoms with Gasteiger partial charge in [-0.15, -0.1) is 0 Å². The van der Waals surface area contributed by atoms with E-state index in [1.54, 1.807) is 17.9 Å². The number of aromatic nitrogens is 2. The van der Waals surface area contributed by atoms with Crippen molar-refractivity contribution in [1.82, 2.24) is 9.78 Å². The molecule has 1 aromatic rings. The van der Waals surface area contributed by atoms with Crippen LogP contribution in [0.15, 0.2) is 6.20 Å². The standard InChI is InChI=1S/C14H24N2O3/c1-14(2,3)19-13(18)12-11(10-15-16(12)4)8-6-5-7-9-17/h10,17H,5-9H2,1-4H3. The number of ether oxygens (including phenoxy) is 1. The molecule has 0 atom stereocenters. The predicted molar refractivity (Wildman–Crippen MR) is 73.0 cm³/mol. The Morgan fingerprint density at radius 1 is 1.37 bits per heavy atom. The number of aryl methyl sites for hydroxylation is 2. The van der Waals surface area contributed by atoms with Crippen LogP contribution in [0.2, 0.25) is 0 Å². The quantitative estimate of drug-likeness (QED) is 0.633. The number of hydrogen-bond donors (Lipinski definition) is 1. The smallest absolute Gasteiger partial charge is 0.357 e. The summed E-state index contributed by atoms with van der Waals surface area (Å²) in [6.07, 6.45) is 5.17. The molecule has 19 heavy (non-hydrogen) atoms. The molecule has 0 spiro atoms. The number of unbranched alkanes of at least 4 members (excludes halogenated alkanes) is 2. The second-order valence-corrected chi connectivity index (χ2v) is 5.68. The minimum Gasteiger partial charge on any atom is -0.455 e. The van der Waals surface area contributed by atoms with Crippen molar-refractivity contribution in [3.8, 4) is 0 Å². The van der Waals surface area contributed by atoms with Crippen LogP contribution in [0, 0.1) is 0 Å². The highest BCUT2D eigenvalue weighted by atomic mass is 16.6. The van der Waals surface area contributed by atoms with E-state index in [1.165, 1.54) is 0 Å². The Morgan fingerprint density at radius 2 is 2.05 bits per heavy atom. The van der Waals surface area contributed by atoms with Crippen LogP contribution in [-0.4, -0.2) is 33.1 Å². The number of carbonyl (C=O) groups is 1. The highest BCUT2D eigenvalue weighted by Gasteiger charge is 2.23. The summed E-state index contributed by atoms with van der Waals surface area (Å²) >= 11 is 0. The zero-order valence-corrected chi connectivity index (χ0v) is 12.3. The van der Waals surface area contributed by atoms with E-state index in [1.807, 2.05) is 20.8 Å². The van der Waals surface area contributed by atoms with Crippen LogP contribution < -0.4 is 0 Å². The highest BCUT2D eigenvalue weighted by Crippen LogP contribution is 2.17. The normalized spacial score (nSPS) is 11.6. The Hall–Kier alpha value is -1.36. The lowest BCUT2D eigenvalue weighted by atomic mass is 10.1. The number of nitrogens with zero attached hydrogens (tertiary/aromatic N) is 2. The van der Waals surface area contributed by atoms with E-state index in [0.717, 1.165) is 31.2 Å². The fourth-order valence-corrected chi connectivity index (χ4v) is 1.86. The van der Waals surface area contributed by atoms with Crippen LogP contribution in [0.1, 0.15) is 56.1 Å². The minimum absolute atomic E-state index is 0.214. The van der Waals surface area contributed by atoms with Gasteiger partial charge in [0, 0.05) is 19.2 Å². The second-order valence-electron chi connectivity index (χ2n) is 5.68. The molecule has 1 rings (SSSR count). The average Bonchev–Trinajstić information content (AvgIpc) is 2.64. The molecule has 5 heteroatoms. The van der Waals surface area contributed by atoms with Gasteiger partial charge in [-0.3, -0.25) is 4.68 Å². The third-order valence-corrected chi connectivity index (χ3v) is 2.71. The Labute approximate surface area is 114 Å². The van der Waals surface area contributed by atoms with Crippen LogP contribution >= 0.6 is 0 Å². The molecule has 108 valence electrons. The summed E-state index contributed by atoms with van der Waals surface area (Å²) in [5.74, 6) is -0.329. The highest BCUT2D eigenvalue weighted by molar-refractivity contribution is 5.89. The number of carbonyl (C=O) groups excluding carboxylic acids is 1. The van der Waals surface area contributed by atoms with Gasteiger partial charge < -0.3 is 9.84 Å². The second kappa shape index (κ2) is 6.70. The van der Waals surface area contributed by atoms with E-state index in [2.05, 4.69) is 5.10 Å². The first-order valence-corrected chi connectivity index (χ1v) is 6.70. The van der Waals surface area contributed by atoms with Gasteiger partial charge in [-0.1, -0.05) is 6.42 Å². The topological polar surface area (TPSA) is 64.3 Å². The van der Waals surface area contributed by atoms with Crippen molar-refractivity contribution in [1.29, 1.82) is 0 Å². The lowest BCUT2D eigenvalue weighted by Crippen LogP contribution is -2.26. The zero-order valence-electron chi connectivity index (χ0n) is 12.3. The van der Waals surface area contributed by atoms with Gasteiger partial charge in [0.15, 0.2) is 0 Å². The van der Waals surface area contributed by atoms with Gasteiger partial charge in [-0.05, 0) is 40.0 Å². The summed E-state index contributed by atoms with van der Waals surface area (Å²) < 4.78 is 6.96. The predicted octanol–water partition coefficient (Wildman–Crippen LogP) is 2.08. The minimum atomic E-state index is -0.504. The molecule has 0 aromatic carbocycles. The number of aliphatic hydroxyl groups excluding tert-OH is 1. The van der Waals surface area contributed by atoms with Gasteiger partial charge in [0.2, 0.25) is 0 Å². The lowest BCUT2D eigenvalue weighted by Gasteiger charge is -2.19. The summed E-state index contributed by atoms with van der Waals surface area (Å²) in [7, 11) is 1.75. The van der Waals surface area contributed by atoms with Gasteiger partial charge in [-0.25, -0.2) is 4.79 Å². The Balaban J connectivity index is 2.71. The van der Waals surface area contributed by atoms with Crippen LogP contribution in [0.3, 0.4) is 0 Å². The molecule has 0 saturated heterocycles. The maximum atomic E-state index is 12.1. The van der Waals surface area contributed by atoms with Crippen LogP contribution in [0.5, 0.6) is 0 Å². The summed E-state index contributed by atoms with van der Waals surface area (Å²) in [6, 6.07) is 0. The molecule has 1 N–H and O–H groups in total. The van der Waals surface area contributed by atoms with Crippen LogP contribution in [0.4, 0.5) is 0 Å². The third-order valence-electron chi connectivity index (χ3n) is 2.71. The molecule has 0 amide bonds. The van der Waals surface area contributed by atoms with Crippen molar-refractivity contribution in [3.05, 3.63) is 17.5 Å². The molecule has 5 nitrogen and oxygen atoms in total. The van der Waals surface area contributed by atoms with Crippen molar-refractivity contribution in [2.45, 2.75) is 52.1 Å². The molecule has 0 bridgehead atoms. The molecule has 0 saturated carbocycles. The van der Waals surface area contributed by atoms with Crippen LogP contribution in [-0.2, 0) is 18.2 Å². The summed E-state index contributed by atoms with van der Waals surface area (Å²) in [4.78, 5) is 12.1. The van der Waals surface area contributed by atoms with E-state index in [0.29, 0.717) is 5.69 Å². The van der Waals surface area contributed by atoms with E-state index in [4.69, 9.17) is 9.84 Å². The number of aliphatic hydroxyl groups is 1. The summed E-state index contributed by atoms with van der Waals surface area (Å²) in [5.41, 5.74) is 0.934. The van der Waals surface area contributed by atoms with E-state index in [-0.39, 0.29) is 12.6 Å². The number of esters is 1. The van der Waals surface area contributed by atoms with Crippen molar-refractivity contribution in [3.63, 3.8) is 0 Å². The van der Waals surface area contributed by atoms with E-state index < -0.39 is 5.60 Å². The molecule has 1 heterocycles. The molecule has 0 aliphatic carbocycles. The Morgan fingerprint density at radius 3 is 2.63 bits per heavy atom. The van der Waals surface area contributed by atoms with Crippen molar-refractivity contribution < 1.29 is 14.6 Å². The fourth-order valence-electron chi connectivity index (χ4n) is 1.86. The van der Waals surface area contributed by atoms with Gasteiger partial charge in [0.05, 0.1) is 6.20 Å². The molecule has 0 aliphatic heterocycles. The molecular weight excluding hydrogens is 244 g/mol.